The second-order valence-electron chi connectivity index (χ2n) is 6.48. The highest BCUT2D eigenvalue weighted by molar-refractivity contribution is 5.95. The van der Waals surface area contributed by atoms with Gasteiger partial charge in [-0.05, 0) is 31.2 Å². The summed E-state index contributed by atoms with van der Waals surface area (Å²) in [6, 6.07) is 4.44. The summed E-state index contributed by atoms with van der Waals surface area (Å²) in [6.45, 7) is 4.35. The lowest BCUT2D eigenvalue weighted by atomic mass is 9.97. The van der Waals surface area contributed by atoms with E-state index in [1.807, 2.05) is 13.8 Å². The molecule has 0 radical (unpaired) electrons. The van der Waals surface area contributed by atoms with Gasteiger partial charge in [0.25, 0.3) is 11.6 Å². The highest BCUT2D eigenvalue weighted by Crippen LogP contribution is 2.32. The van der Waals surface area contributed by atoms with Crippen LogP contribution < -0.4 is 0 Å². The van der Waals surface area contributed by atoms with Gasteiger partial charge in [-0.3, -0.25) is 14.9 Å². The lowest BCUT2D eigenvalue weighted by Crippen LogP contribution is -2.39. The van der Waals surface area contributed by atoms with E-state index in [-0.39, 0.29) is 23.6 Å². The summed E-state index contributed by atoms with van der Waals surface area (Å²) in [5.74, 6) is 0.237. The molecule has 1 aliphatic rings. The van der Waals surface area contributed by atoms with E-state index in [4.69, 9.17) is 4.52 Å². The minimum absolute atomic E-state index is 0.00613. The lowest BCUT2D eigenvalue weighted by Gasteiger charge is -2.33. The zero-order valence-electron chi connectivity index (χ0n) is 14.2. The number of nitrogens with zero attached hydrogens (tertiary/aromatic N) is 4. The van der Waals surface area contributed by atoms with Gasteiger partial charge in [-0.15, -0.1) is 0 Å². The van der Waals surface area contributed by atoms with Crippen molar-refractivity contribution < 1.29 is 14.2 Å². The summed E-state index contributed by atoms with van der Waals surface area (Å²) in [7, 11) is 0. The van der Waals surface area contributed by atoms with Crippen molar-refractivity contribution in [3.05, 3.63) is 51.7 Å². The minimum atomic E-state index is -0.432. The SMILES string of the molecule is CC(C)c1ccc(C(=O)N2CCCC[C@@H]2c2ncon2)cc1[N+](=O)[O-]. The average Bonchev–Trinajstić information content (AvgIpc) is 3.15. The Morgan fingerprint density at radius 1 is 1.40 bits per heavy atom. The van der Waals surface area contributed by atoms with E-state index in [2.05, 4.69) is 10.1 Å². The number of amides is 1. The fourth-order valence-corrected chi connectivity index (χ4v) is 3.26. The van der Waals surface area contributed by atoms with Crippen molar-refractivity contribution in [1.29, 1.82) is 0 Å². The number of likely N-dealkylation sites (tertiary alicyclic amines) is 1. The van der Waals surface area contributed by atoms with Gasteiger partial charge in [-0.1, -0.05) is 25.1 Å². The van der Waals surface area contributed by atoms with Crippen molar-refractivity contribution in [3.8, 4) is 0 Å². The van der Waals surface area contributed by atoms with Gasteiger partial charge >= 0.3 is 0 Å². The Balaban J connectivity index is 1.93. The van der Waals surface area contributed by atoms with Crippen LogP contribution in [0.15, 0.2) is 29.1 Å². The molecule has 25 heavy (non-hydrogen) atoms. The van der Waals surface area contributed by atoms with Gasteiger partial charge in [0.2, 0.25) is 6.39 Å². The minimum Gasteiger partial charge on any atom is -0.343 e. The molecule has 0 N–H and O–H groups in total. The second kappa shape index (κ2) is 7.00. The molecule has 1 aromatic heterocycles. The number of nitro benzene ring substituents is 1. The molecular weight excluding hydrogens is 324 g/mol. The van der Waals surface area contributed by atoms with Crippen molar-refractivity contribution in [2.45, 2.75) is 45.1 Å². The van der Waals surface area contributed by atoms with Crippen LogP contribution in [-0.2, 0) is 0 Å². The third-order valence-corrected chi connectivity index (χ3v) is 4.54. The highest BCUT2D eigenvalue weighted by atomic mass is 16.6. The summed E-state index contributed by atoms with van der Waals surface area (Å²) < 4.78 is 4.81. The molecule has 1 saturated heterocycles. The predicted molar refractivity (Wildman–Crippen MR) is 89.1 cm³/mol. The summed E-state index contributed by atoms with van der Waals surface area (Å²) in [5, 5.41) is 15.2. The van der Waals surface area contributed by atoms with E-state index in [0.717, 1.165) is 19.3 Å². The molecule has 1 amide bonds. The van der Waals surface area contributed by atoms with Crippen LogP contribution in [0.3, 0.4) is 0 Å². The van der Waals surface area contributed by atoms with Crippen molar-refractivity contribution >= 4 is 11.6 Å². The summed E-state index contributed by atoms with van der Waals surface area (Å²) in [5.41, 5.74) is 0.912. The molecule has 1 fully saturated rings. The lowest BCUT2D eigenvalue weighted by molar-refractivity contribution is -0.385. The monoisotopic (exact) mass is 344 g/mol. The maximum absolute atomic E-state index is 13.0. The Labute approximate surface area is 145 Å². The molecular formula is C17H20N4O4. The van der Waals surface area contributed by atoms with Gasteiger partial charge in [0.1, 0.15) is 0 Å². The summed E-state index contributed by atoms with van der Waals surface area (Å²) >= 11 is 0. The summed E-state index contributed by atoms with van der Waals surface area (Å²) in [4.78, 5) is 29.7. The topological polar surface area (TPSA) is 102 Å². The quantitative estimate of drug-likeness (QED) is 0.621. The van der Waals surface area contributed by atoms with E-state index in [1.165, 1.54) is 12.5 Å². The fraction of sp³-hybridized carbons (Fsp3) is 0.471. The van der Waals surface area contributed by atoms with Gasteiger partial charge < -0.3 is 9.42 Å². The van der Waals surface area contributed by atoms with Crippen LogP contribution in [-0.4, -0.2) is 32.4 Å². The van der Waals surface area contributed by atoms with E-state index in [0.29, 0.717) is 23.5 Å². The normalized spacial score (nSPS) is 17.7. The number of carbonyl (C=O) groups excluding carboxylic acids is 1. The van der Waals surface area contributed by atoms with Crippen molar-refractivity contribution in [2.75, 3.05) is 6.54 Å². The Morgan fingerprint density at radius 2 is 2.20 bits per heavy atom. The molecule has 0 aliphatic carbocycles. The first-order valence-corrected chi connectivity index (χ1v) is 8.34. The molecule has 132 valence electrons. The molecule has 1 atom stereocenters. The maximum Gasteiger partial charge on any atom is 0.273 e. The van der Waals surface area contributed by atoms with Gasteiger partial charge in [-0.25, -0.2) is 0 Å². The van der Waals surface area contributed by atoms with Gasteiger partial charge in [0.05, 0.1) is 11.0 Å². The van der Waals surface area contributed by atoms with Gasteiger partial charge in [-0.2, -0.15) is 4.98 Å². The number of rotatable bonds is 4. The second-order valence-corrected chi connectivity index (χ2v) is 6.48. The largest absolute Gasteiger partial charge is 0.343 e. The van der Waals surface area contributed by atoms with Crippen LogP contribution in [0.1, 0.15) is 66.8 Å². The van der Waals surface area contributed by atoms with E-state index in [1.54, 1.807) is 17.0 Å². The van der Waals surface area contributed by atoms with Crippen LogP contribution in [0.5, 0.6) is 0 Å². The summed E-state index contributed by atoms with van der Waals surface area (Å²) in [6.07, 6.45) is 3.84. The Kier molecular flexibility index (Phi) is 4.78. The highest BCUT2D eigenvalue weighted by Gasteiger charge is 2.32. The number of piperidine rings is 1. The maximum atomic E-state index is 13.0. The van der Waals surface area contributed by atoms with Crippen molar-refractivity contribution in [3.63, 3.8) is 0 Å². The molecule has 2 aromatic rings. The number of benzene rings is 1. The molecule has 0 spiro atoms. The van der Waals surface area contributed by atoms with E-state index < -0.39 is 4.92 Å². The molecule has 0 bridgehead atoms. The zero-order chi connectivity index (χ0) is 18.0. The zero-order valence-corrected chi connectivity index (χ0v) is 14.2. The standard InChI is InChI=1S/C17H20N4O4/c1-11(2)13-7-6-12(9-15(13)21(23)24)17(22)20-8-4-3-5-14(20)16-18-10-25-19-16/h6-7,9-11,14H,3-5,8H2,1-2H3/t14-/m1/s1. The third-order valence-electron chi connectivity index (χ3n) is 4.54. The molecule has 2 heterocycles. The van der Waals surface area contributed by atoms with E-state index in [9.17, 15) is 14.9 Å². The van der Waals surface area contributed by atoms with Gasteiger partial charge in [0, 0.05) is 23.7 Å². The Hall–Kier alpha value is -2.77. The molecule has 3 rings (SSSR count). The number of aromatic nitrogens is 2. The van der Waals surface area contributed by atoms with Crippen LogP contribution >= 0.6 is 0 Å². The molecule has 1 aromatic carbocycles. The Morgan fingerprint density at radius 3 is 2.84 bits per heavy atom. The first kappa shape index (κ1) is 17.1. The number of hydrogen-bond acceptors (Lipinski definition) is 6. The molecule has 8 heteroatoms. The predicted octanol–water partition coefficient (Wildman–Crippen LogP) is 3.47. The number of carbonyl (C=O) groups is 1. The van der Waals surface area contributed by atoms with E-state index >= 15 is 0 Å². The average molecular weight is 344 g/mol. The van der Waals surface area contributed by atoms with Crippen LogP contribution in [0.2, 0.25) is 0 Å². The molecule has 1 aliphatic heterocycles. The molecule has 0 unspecified atom stereocenters. The first-order chi connectivity index (χ1) is 12.0. The first-order valence-electron chi connectivity index (χ1n) is 8.34. The fourth-order valence-electron chi connectivity index (χ4n) is 3.26. The molecule has 8 nitrogen and oxygen atoms in total. The number of nitro groups is 1. The van der Waals surface area contributed by atoms with Crippen LogP contribution in [0.4, 0.5) is 5.69 Å². The number of hydrogen-bond donors (Lipinski definition) is 0. The Bertz CT molecular complexity index is 773. The van der Waals surface area contributed by atoms with Crippen molar-refractivity contribution in [2.24, 2.45) is 0 Å². The van der Waals surface area contributed by atoms with Crippen LogP contribution in [0, 0.1) is 10.1 Å². The molecule has 0 saturated carbocycles. The third kappa shape index (κ3) is 3.38. The van der Waals surface area contributed by atoms with Gasteiger partial charge in [0.15, 0.2) is 5.82 Å². The van der Waals surface area contributed by atoms with Crippen molar-refractivity contribution in [1.82, 2.24) is 15.0 Å². The van der Waals surface area contributed by atoms with Crippen LogP contribution in [0.25, 0.3) is 0 Å². The smallest absolute Gasteiger partial charge is 0.273 e.